The van der Waals surface area contributed by atoms with Gasteiger partial charge in [-0.1, -0.05) is 6.92 Å². The maximum absolute atomic E-state index is 6.45. The number of pyridine rings is 3. The number of hydrogen-bond donors (Lipinski definition) is 5. The highest BCUT2D eigenvalue weighted by molar-refractivity contribution is 5.93. The average molecular weight is 408 g/mol. The fourth-order valence-electron chi connectivity index (χ4n) is 3.29. The van der Waals surface area contributed by atoms with Gasteiger partial charge in [0.2, 0.25) is 0 Å². The zero-order valence-electron chi connectivity index (χ0n) is 17.8. The van der Waals surface area contributed by atoms with E-state index < -0.39 is 5.54 Å². The monoisotopic (exact) mass is 407 g/mol. The largest absolute Gasteiger partial charge is 0.403 e. The van der Waals surface area contributed by atoms with Crippen molar-refractivity contribution < 1.29 is 0 Å². The summed E-state index contributed by atoms with van der Waals surface area (Å²) in [5.74, 6) is 7.47. The summed E-state index contributed by atoms with van der Waals surface area (Å²) in [4.78, 5) is 13.3. The van der Waals surface area contributed by atoms with Gasteiger partial charge in [-0.15, -0.1) is 0 Å². The second kappa shape index (κ2) is 8.13. The van der Waals surface area contributed by atoms with Crippen molar-refractivity contribution in [3.8, 4) is 0 Å². The topological polar surface area (TPSA) is 158 Å². The van der Waals surface area contributed by atoms with Crippen molar-refractivity contribution in [1.29, 1.82) is 0 Å². The highest BCUT2D eigenvalue weighted by Crippen LogP contribution is 2.29. The summed E-state index contributed by atoms with van der Waals surface area (Å²) in [7, 11) is 1.68. The van der Waals surface area contributed by atoms with E-state index in [2.05, 4.69) is 27.2 Å². The Hall–Kier alpha value is -3.43. The lowest BCUT2D eigenvalue weighted by Crippen LogP contribution is -2.33. The number of fused-ring (bicyclic) bond motifs is 1. The molecule has 0 aliphatic heterocycles. The van der Waals surface area contributed by atoms with Crippen molar-refractivity contribution in [3.63, 3.8) is 0 Å². The number of hydrogen-bond acceptors (Lipinski definition) is 9. The first-order chi connectivity index (χ1) is 14.2. The molecule has 0 bridgehead atoms. The summed E-state index contributed by atoms with van der Waals surface area (Å²) < 4.78 is 0. The van der Waals surface area contributed by atoms with E-state index in [1.165, 1.54) is 11.2 Å². The lowest BCUT2D eigenvalue weighted by atomic mass is 9.88. The quantitative estimate of drug-likeness (QED) is 0.305. The lowest BCUT2D eigenvalue weighted by Gasteiger charge is -2.25. The van der Waals surface area contributed by atoms with E-state index in [1.54, 1.807) is 13.2 Å². The fraction of sp³-hybridized carbons (Fsp3) is 0.286. The standard InChI is InChI=1S/C21H29N9/c1-5-21(3,24)15-8-19(26-10-12(15)2)29-18-7-13-6-16(17(9-22)30(4)25)28-20(23)14(13)11-27-18/h6-11H,5,22,24-25H2,1-4H3,(H2,23,28)(H,26,27,29)/b17-9-/t21-/m0/s1. The van der Waals surface area contributed by atoms with Gasteiger partial charge in [-0.05, 0) is 55.0 Å². The van der Waals surface area contributed by atoms with Crippen LogP contribution < -0.4 is 28.4 Å². The van der Waals surface area contributed by atoms with E-state index in [-0.39, 0.29) is 0 Å². The van der Waals surface area contributed by atoms with Crippen LogP contribution in [0.1, 0.15) is 37.1 Å². The molecule has 0 radical (unpaired) electrons. The summed E-state index contributed by atoms with van der Waals surface area (Å²) >= 11 is 0. The van der Waals surface area contributed by atoms with Crippen LogP contribution in [-0.4, -0.2) is 27.0 Å². The Kier molecular flexibility index (Phi) is 5.77. The summed E-state index contributed by atoms with van der Waals surface area (Å²) in [6.45, 7) is 6.09. The molecule has 9 heteroatoms. The van der Waals surface area contributed by atoms with Gasteiger partial charge in [0.25, 0.3) is 0 Å². The van der Waals surface area contributed by atoms with Gasteiger partial charge in [0.05, 0.1) is 11.4 Å². The molecule has 3 rings (SSSR count). The molecule has 9 N–H and O–H groups in total. The number of hydrazine groups is 1. The number of nitrogen functional groups attached to an aromatic ring is 1. The van der Waals surface area contributed by atoms with Gasteiger partial charge in [0.15, 0.2) is 0 Å². The molecule has 3 aromatic rings. The third-order valence-electron chi connectivity index (χ3n) is 5.25. The van der Waals surface area contributed by atoms with Crippen LogP contribution >= 0.6 is 0 Å². The molecule has 0 saturated carbocycles. The number of aromatic nitrogens is 3. The Labute approximate surface area is 176 Å². The molecular formula is C21H29N9. The van der Waals surface area contributed by atoms with Crippen LogP contribution in [0.15, 0.2) is 36.8 Å². The number of nitrogens with two attached hydrogens (primary N) is 4. The first kappa shape index (κ1) is 21.3. The van der Waals surface area contributed by atoms with Crippen molar-refractivity contribution in [2.45, 2.75) is 32.7 Å². The Balaban J connectivity index is 2.01. The minimum atomic E-state index is -0.436. The highest BCUT2D eigenvalue weighted by Gasteiger charge is 2.21. The molecule has 0 aliphatic rings. The lowest BCUT2D eigenvalue weighted by molar-refractivity contribution is 0.473. The van der Waals surface area contributed by atoms with E-state index >= 15 is 0 Å². The van der Waals surface area contributed by atoms with Crippen molar-refractivity contribution in [2.75, 3.05) is 18.1 Å². The minimum absolute atomic E-state index is 0.348. The number of rotatable bonds is 6. The molecule has 30 heavy (non-hydrogen) atoms. The molecule has 0 aliphatic carbocycles. The van der Waals surface area contributed by atoms with E-state index in [0.717, 1.165) is 28.3 Å². The molecule has 9 nitrogen and oxygen atoms in total. The van der Waals surface area contributed by atoms with Gasteiger partial charge in [-0.3, -0.25) is 0 Å². The van der Waals surface area contributed by atoms with Crippen LogP contribution in [0, 0.1) is 6.92 Å². The Bertz CT molecular complexity index is 1100. The van der Waals surface area contributed by atoms with Gasteiger partial charge in [0.1, 0.15) is 17.5 Å². The molecule has 0 unspecified atom stereocenters. The number of aryl methyl sites for hydroxylation is 1. The number of anilines is 3. The summed E-state index contributed by atoms with van der Waals surface area (Å²) in [5, 5.41) is 6.23. The molecule has 158 valence electrons. The first-order valence-electron chi connectivity index (χ1n) is 9.66. The predicted octanol–water partition coefficient (Wildman–Crippen LogP) is 2.31. The van der Waals surface area contributed by atoms with E-state index in [0.29, 0.717) is 28.8 Å². The number of nitrogens with one attached hydrogen (secondary N) is 1. The number of nitrogens with zero attached hydrogens (tertiary/aromatic N) is 4. The van der Waals surface area contributed by atoms with Crippen molar-refractivity contribution in [2.24, 2.45) is 17.3 Å². The normalized spacial score (nSPS) is 13.9. The third-order valence-corrected chi connectivity index (χ3v) is 5.25. The van der Waals surface area contributed by atoms with Crippen LogP contribution in [0.2, 0.25) is 0 Å². The molecule has 0 fully saturated rings. The first-order valence-corrected chi connectivity index (χ1v) is 9.66. The van der Waals surface area contributed by atoms with Crippen molar-refractivity contribution >= 4 is 33.9 Å². The van der Waals surface area contributed by atoms with E-state index in [9.17, 15) is 0 Å². The minimum Gasteiger partial charge on any atom is -0.403 e. The van der Waals surface area contributed by atoms with Gasteiger partial charge >= 0.3 is 0 Å². The Morgan fingerprint density at radius 2 is 1.87 bits per heavy atom. The fourth-order valence-corrected chi connectivity index (χ4v) is 3.29. The van der Waals surface area contributed by atoms with Gasteiger partial charge < -0.3 is 27.5 Å². The van der Waals surface area contributed by atoms with Crippen molar-refractivity contribution in [1.82, 2.24) is 20.0 Å². The smallest absolute Gasteiger partial charge is 0.133 e. The Morgan fingerprint density at radius 1 is 1.20 bits per heavy atom. The summed E-state index contributed by atoms with van der Waals surface area (Å²) in [6.07, 6.45) is 5.70. The maximum atomic E-state index is 6.45. The molecular weight excluding hydrogens is 378 g/mol. The third kappa shape index (κ3) is 4.12. The van der Waals surface area contributed by atoms with Crippen LogP contribution in [0.5, 0.6) is 0 Å². The predicted molar refractivity (Wildman–Crippen MR) is 122 cm³/mol. The molecule has 0 saturated heterocycles. The van der Waals surface area contributed by atoms with Gasteiger partial charge in [0, 0.05) is 36.6 Å². The summed E-state index contributed by atoms with van der Waals surface area (Å²) in [6, 6.07) is 5.71. The average Bonchev–Trinajstić information content (AvgIpc) is 2.69. The SMILES string of the molecule is CC[C@](C)(N)c1cc(Nc2cc3cc(/C(=C/N)N(C)N)nc(N)c3cn2)ncc1C. The summed E-state index contributed by atoms with van der Waals surface area (Å²) in [5.41, 5.74) is 21.1. The molecule has 3 aromatic heterocycles. The molecule has 0 amide bonds. The molecule has 1 atom stereocenters. The van der Waals surface area contributed by atoms with Gasteiger partial charge in [-0.25, -0.2) is 20.8 Å². The maximum Gasteiger partial charge on any atom is 0.133 e. The molecule has 3 heterocycles. The second-order valence-corrected chi connectivity index (χ2v) is 7.63. The van der Waals surface area contributed by atoms with Crippen LogP contribution in [-0.2, 0) is 5.54 Å². The zero-order valence-corrected chi connectivity index (χ0v) is 17.8. The second-order valence-electron chi connectivity index (χ2n) is 7.63. The van der Waals surface area contributed by atoms with E-state index in [4.69, 9.17) is 23.0 Å². The van der Waals surface area contributed by atoms with Crippen LogP contribution in [0.4, 0.5) is 17.5 Å². The molecule has 0 spiro atoms. The van der Waals surface area contributed by atoms with Crippen LogP contribution in [0.25, 0.3) is 16.5 Å². The van der Waals surface area contributed by atoms with Crippen LogP contribution in [0.3, 0.4) is 0 Å². The van der Waals surface area contributed by atoms with E-state index in [1.807, 2.05) is 38.2 Å². The van der Waals surface area contributed by atoms with Crippen molar-refractivity contribution in [3.05, 3.63) is 53.6 Å². The van der Waals surface area contributed by atoms with Gasteiger partial charge in [-0.2, -0.15) is 0 Å². The highest BCUT2D eigenvalue weighted by atomic mass is 15.4. The zero-order chi connectivity index (χ0) is 22.1. The Morgan fingerprint density at radius 3 is 2.50 bits per heavy atom. The molecule has 0 aromatic carbocycles.